The first-order chi connectivity index (χ1) is 11.9. The Morgan fingerprint density at radius 1 is 1.24 bits per heavy atom. The maximum Gasteiger partial charge on any atom is 0.246 e. The highest BCUT2D eigenvalue weighted by Gasteiger charge is 2.41. The Morgan fingerprint density at radius 3 is 2.76 bits per heavy atom. The molecule has 1 fully saturated rings. The molecule has 25 heavy (non-hydrogen) atoms. The van der Waals surface area contributed by atoms with Crippen molar-refractivity contribution in [1.82, 2.24) is 14.4 Å². The number of sulfonamides is 1. The van der Waals surface area contributed by atoms with E-state index in [9.17, 15) is 17.2 Å². The van der Waals surface area contributed by atoms with Gasteiger partial charge in [0.15, 0.2) is 0 Å². The Morgan fingerprint density at radius 2 is 2.04 bits per heavy atom. The molecule has 3 heterocycles. The van der Waals surface area contributed by atoms with Crippen LogP contribution < -0.4 is 0 Å². The van der Waals surface area contributed by atoms with Gasteiger partial charge in [-0.2, -0.15) is 9.29 Å². The third-order valence-corrected chi connectivity index (χ3v) is 6.60. The van der Waals surface area contributed by atoms with Gasteiger partial charge in [-0.25, -0.2) is 17.2 Å². The third-order valence-electron chi connectivity index (χ3n) is 3.89. The van der Waals surface area contributed by atoms with Crippen LogP contribution in [-0.4, -0.2) is 36.0 Å². The standard InChI is InChI=1S/C15H11F2N3O3S2/c16-10-3-4-11(17)13(6-10)25(21,22)20-7-9(8-20)15-18-14(19-23-15)12-2-1-5-24-12/h1-6,9H,7-8H2. The van der Waals surface area contributed by atoms with Crippen LogP contribution in [0.1, 0.15) is 11.8 Å². The summed E-state index contributed by atoms with van der Waals surface area (Å²) in [5.41, 5.74) is 0. The number of hydrogen-bond acceptors (Lipinski definition) is 6. The lowest BCUT2D eigenvalue weighted by Gasteiger charge is -2.35. The molecule has 6 nitrogen and oxygen atoms in total. The summed E-state index contributed by atoms with van der Waals surface area (Å²) in [6.07, 6.45) is 0. The molecular formula is C15H11F2N3O3S2. The van der Waals surface area contributed by atoms with E-state index in [2.05, 4.69) is 10.1 Å². The zero-order chi connectivity index (χ0) is 17.6. The molecule has 4 rings (SSSR count). The minimum absolute atomic E-state index is 0.0738. The molecule has 130 valence electrons. The predicted molar refractivity (Wildman–Crippen MR) is 85.5 cm³/mol. The third kappa shape index (κ3) is 2.86. The molecule has 0 radical (unpaired) electrons. The fourth-order valence-electron chi connectivity index (χ4n) is 2.51. The number of nitrogens with zero attached hydrogens (tertiary/aromatic N) is 3. The highest BCUT2D eigenvalue weighted by molar-refractivity contribution is 7.89. The van der Waals surface area contributed by atoms with Gasteiger partial charge in [0.2, 0.25) is 21.7 Å². The summed E-state index contributed by atoms with van der Waals surface area (Å²) in [4.78, 5) is 4.45. The van der Waals surface area contributed by atoms with E-state index in [4.69, 9.17) is 4.52 Å². The summed E-state index contributed by atoms with van der Waals surface area (Å²) < 4.78 is 58.1. The number of thiophene rings is 1. The fourth-order valence-corrected chi connectivity index (χ4v) is 4.77. The second kappa shape index (κ2) is 5.97. The maximum atomic E-state index is 13.8. The molecule has 0 spiro atoms. The monoisotopic (exact) mass is 383 g/mol. The molecule has 0 amide bonds. The van der Waals surface area contributed by atoms with Crippen molar-refractivity contribution < 1.29 is 21.7 Å². The van der Waals surface area contributed by atoms with Crippen LogP contribution in [0.3, 0.4) is 0 Å². The van der Waals surface area contributed by atoms with Crippen molar-refractivity contribution >= 4 is 21.4 Å². The lowest BCUT2D eigenvalue weighted by Crippen LogP contribution is -2.48. The van der Waals surface area contributed by atoms with Crippen LogP contribution >= 0.6 is 11.3 Å². The van der Waals surface area contributed by atoms with Crippen molar-refractivity contribution in [2.45, 2.75) is 10.8 Å². The van der Waals surface area contributed by atoms with Crippen molar-refractivity contribution in [1.29, 1.82) is 0 Å². The lowest BCUT2D eigenvalue weighted by atomic mass is 10.0. The summed E-state index contributed by atoms with van der Waals surface area (Å²) >= 11 is 1.46. The Hall–Kier alpha value is -2.17. The van der Waals surface area contributed by atoms with Gasteiger partial charge in [0.25, 0.3) is 0 Å². The van der Waals surface area contributed by atoms with E-state index in [1.807, 2.05) is 17.5 Å². The zero-order valence-electron chi connectivity index (χ0n) is 12.6. The van der Waals surface area contributed by atoms with Crippen molar-refractivity contribution in [2.75, 3.05) is 13.1 Å². The van der Waals surface area contributed by atoms with E-state index < -0.39 is 26.6 Å². The fraction of sp³-hybridized carbons (Fsp3) is 0.200. The van der Waals surface area contributed by atoms with Crippen molar-refractivity contribution in [3.63, 3.8) is 0 Å². The molecule has 0 saturated carbocycles. The Kier molecular flexibility index (Phi) is 3.89. The van der Waals surface area contributed by atoms with Gasteiger partial charge in [-0.15, -0.1) is 11.3 Å². The molecule has 1 aromatic carbocycles. The van der Waals surface area contributed by atoms with E-state index in [1.54, 1.807) is 0 Å². The second-order valence-electron chi connectivity index (χ2n) is 5.53. The van der Waals surface area contributed by atoms with Crippen molar-refractivity contribution in [3.8, 4) is 10.7 Å². The smallest absolute Gasteiger partial charge is 0.246 e. The molecular weight excluding hydrogens is 372 g/mol. The van der Waals surface area contributed by atoms with E-state index in [0.29, 0.717) is 17.8 Å². The molecule has 10 heteroatoms. The highest BCUT2D eigenvalue weighted by Crippen LogP contribution is 2.33. The van der Waals surface area contributed by atoms with Gasteiger partial charge in [0.05, 0.1) is 10.8 Å². The highest BCUT2D eigenvalue weighted by atomic mass is 32.2. The van der Waals surface area contributed by atoms with Crippen molar-refractivity contribution in [2.24, 2.45) is 0 Å². The summed E-state index contributed by atoms with van der Waals surface area (Å²) in [5.74, 6) is -1.29. The lowest BCUT2D eigenvalue weighted by molar-refractivity contribution is 0.216. The average Bonchev–Trinajstić information content (AvgIpc) is 3.18. The molecule has 1 aliphatic heterocycles. The van der Waals surface area contributed by atoms with E-state index in [-0.39, 0.29) is 19.0 Å². The van der Waals surface area contributed by atoms with Crippen LogP contribution in [0.15, 0.2) is 45.1 Å². The zero-order valence-corrected chi connectivity index (χ0v) is 14.2. The molecule has 3 aromatic rings. The molecule has 0 aliphatic carbocycles. The van der Waals surface area contributed by atoms with Crippen LogP contribution in [0.2, 0.25) is 0 Å². The van der Waals surface area contributed by atoms with Crippen LogP contribution in [0, 0.1) is 11.6 Å². The average molecular weight is 383 g/mol. The number of aromatic nitrogens is 2. The second-order valence-corrected chi connectivity index (χ2v) is 8.38. The normalized spacial score (nSPS) is 16.1. The first-order valence-corrected chi connectivity index (χ1v) is 9.60. The Balaban J connectivity index is 1.51. The topological polar surface area (TPSA) is 76.3 Å². The summed E-state index contributed by atoms with van der Waals surface area (Å²) in [6.45, 7) is 0.148. The van der Waals surface area contributed by atoms with E-state index in [1.165, 1.54) is 11.3 Å². The largest absolute Gasteiger partial charge is 0.339 e. The first kappa shape index (κ1) is 16.3. The molecule has 0 unspecified atom stereocenters. The van der Waals surface area contributed by atoms with E-state index in [0.717, 1.165) is 21.3 Å². The van der Waals surface area contributed by atoms with Gasteiger partial charge in [-0.05, 0) is 29.6 Å². The molecule has 0 bridgehead atoms. The van der Waals surface area contributed by atoms with Gasteiger partial charge < -0.3 is 4.52 Å². The number of rotatable bonds is 4. The Labute approximate surface area is 145 Å². The minimum atomic E-state index is -4.10. The SMILES string of the molecule is O=S(=O)(c1cc(F)ccc1F)N1CC(c2nc(-c3cccs3)no2)C1. The molecule has 1 saturated heterocycles. The Bertz CT molecular complexity index is 1010. The molecule has 0 atom stereocenters. The number of halogens is 2. The predicted octanol–water partition coefficient (Wildman–Crippen LogP) is 2.86. The quantitative estimate of drug-likeness (QED) is 0.692. The molecule has 2 aromatic heterocycles. The molecule has 1 aliphatic rings. The van der Waals surface area contributed by atoms with Crippen LogP contribution in [-0.2, 0) is 10.0 Å². The molecule has 0 N–H and O–H groups in total. The van der Waals surface area contributed by atoms with Gasteiger partial charge in [-0.1, -0.05) is 11.2 Å². The van der Waals surface area contributed by atoms with Crippen LogP contribution in [0.25, 0.3) is 10.7 Å². The number of benzene rings is 1. The van der Waals surface area contributed by atoms with Gasteiger partial charge >= 0.3 is 0 Å². The maximum absolute atomic E-state index is 13.8. The summed E-state index contributed by atoms with van der Waals surface area (Å²) in [7, 11) is -4.10. The van der Waals surface area contributed by atoms with Crippen LogP contribution in [0.5, 0.6) is 0 Å². The van der Waals surface area contributed by atoms with E-state index >= 15 is 0 Å². The van der Waals surface area contributed by atoms with Gasteiger partial charge in [0, 0.05) is 13.1 Å². The van der Waals surface area contributed by atoms with Gasteiger partial charge in [0.1, 0.15) is 16.5 Å². The van der Waals surface area contributed by atoms with Crippen molar-refractivity contribution in [3.05, 3.63) is 53.2 Å². The van der Waals surface area contributed by atoms with Gasteiger partial charge in [-0.3, -0.25) is 0 Å². The summed E-state index contributed by atoms with van der Waals surface area (Å²) in [6, 6.07) is 6.06. The minimum Gasteiger partial charge on any atom is -0.339 e. The first-order valence-electron chi connectivity index (χ1n) is 7.28. The van der Waals surface area contributed by atoms with Crippen LogP contribution in [0.4, 0.5) is 8.78 Å². The summed E-state index contributed by atoms with van der Waals surface area (Å²) in [5, 5.41) is 5.76. The number of hydrogen-bond donors (Lipinski definition) is 0.